The molecule has 2 atom stereocenters. The SMILES string of the molecule is C=CC(=O)SCCCC1=CSC(CC2SC=C(CCCSC(=O)C=C)S2)S1. The van der Waals surface area contributed by atoms with Crippen LogP contribution in [0.15, 0.2) is 45.9 Å². The van der Waals surface area contributed by atoms with Crippen molar-refractivity contribution >= 4 is 80.8 Å². The van der Waals surface area contributed by atoms with Gasteiger partial charge in [0.1, 0.15) is 0 Å². The van der Waals surface area contributed by atoms with Crippen LogP contribution in [0.3, 0.4) is 0 Å². The summed E-state index contributed by atoms with van der Waals surface area (Å²) in [5.74, 6) is 1.74. The summed E-state index contributed by atoms with van der Waals surface area (Å²) in [5.41, 5.74) is 0. The second kappa shape index (κ2) is 13.6. The molecule has 2 rings (SSSR count). The fourth-order valence-corrected chi connectivity index (χ4v) is 9.54. The highest BCUT2D eigenvalue weighted by Crippen LogP contribution is 2.50. The van der Waals surface area contributed by atoms with Crippen LogP contribution in [0.1, 0.15) is 32.1 Å². The van der Waals surface area contributed by atoms with Gasteiger partial charge in [-0.25, -0.2) is 0 Å². The zero-order chi connectivity index (χ0) is 19.5. The van der Waals surface area contributed by atoms with E-state index < -0.39 is 0 Å². The molecule has 0 aromatic heterocycles. The molecule has 2 heterocycles. The average molecular weight is 477 g/mol. The number of carbonyl (C=O) groups is 2. The lowest BCUT2D eigenvalue weighted by Crippen LogP contribution is -2.02. The van der Waals surface area contributed by atoms with Crippen molar-refractivity contribution in [3.8, 4) is 0 Å². The minimum absolute atomic E-state index is 0.0693. The number of hydrogen-bond acceptors (Lipinski definition) is 8. The third kappa shape index (κ3) is 9.63. The van der Waals surface area contributed by atoms with Crippen molar-refractivity contribution in [3.05, 3.63) is 45.9 Å². The van der Waals surface area contributed by atoms with E-state index in [9.17, 15) is 9.59 Å². The zero-order valence-corrected chi connectivity index (χ0v) is 20.0. The van der Waals surface area contributed by atoms with Gasteiger partial charge < -0.3 is 0 Å². The van der Waals surface area contributed by atoms with Crippen LogP contribution in [0, 0.1) is 0 Å². The van der Waals surface area contributed by atoms with Crippen molar-refractivity contribution in [1.29, 1.82) is 0 Å². The second-order valence-electron chi connectivity index (χ2n) is 5.72. The van der Waals surface area contributed by atoms with Crippen LogP contribution in [0.5, 0.6) is 0 Å². The Morgan fingerprint density at radius 1 is 0.889 bits per heavy atom. The molecule has 0 saturated carbocycles. The summed E-state index contributed by atoms with van der Waals surface area (Å²) in [6, 6.07) is 0. The van der Waals surface area contributed by atoms with Gasteiger partial charge in [-0.05, 0) is 64.9 Å². The molecular weight excluding hydrogens is 453 g/mol. The van der Waals surface area contributed by atoms with Gasteiger partial charge in [0, 0.05) is 11.5 Å². The number of thioether (sulfide) groups is 6. The first-order valence-corrected chi connectivity index (χ1v) is 14.3. The maximum atomic E-state index is 11.2. The molecule has 0 radical (unpaired) electrons. The second-order valence-corrected chi connectivity index (χ2v) is 13.3. The lowest BCUT2D eigenvalue weighted by Gasteiger charge is -2.14. The zero-order valence-electron chi connectivity index (χ0n) is 15.1. The predicted octanol–water partition coefficient (Wildman–Crippen LogP) is 7.12. The van der Waals surface area contributed by atoms with Crippen LogP contribution in [0.4, 0.5) is 0 Å². The Morgan fingerprint density at radius 2 is 1.33 bits per heavy atom. The molecule has 2 aliphatic rings. The molecule has 148 valence electrons. The monoisotopic (exact) mass is 476 g/mol. The number of carbonyl (C=O) groups excluding carboxylic acids is 2. The highest BCUT2D eigenvalue weighted by atomic mass is 32.2. The summed E-state index contributed by atoms with van der Waals surface area (Å²) in [5, 5.41) is 4.75. The lowest BCUT2D eigenvalue weighted by molar-refractivity contribution is -0.107. The third-order valence-electron chi connectivity index (χ3n) is 3.61. The third-order valence-corrected chi connectivity index (χ3v) is 11.0. The molecule has 27 heavy (non-hydrogen) atoms. The van der Waals surface area contributed by atoms with Crippen LogP contribution in [-0.4, -0.2) is 30.9 Å². The summed E-state index contributed by atoms with van der Waals surface area (Å²) in [4.78, 5) is 25.3. The van der Waals surface area contributed by atoms with Crippen LogP contribution in [0.25, 0.3) is 0 Å². The van der Waals surface area contributed by atoms with E-state index in [1.54, 1.807) is 0 Å². The Kier molecular flexibility index (Phi) is 11.9. The lowest BCUT2D eigenvalue weighted by atomic mass is 10.3. The number of rotatable bonds is 12. The molecule has 8 heteroatoms. The van der Waals surface area contributed by atoms with Crippen molar-refractivity contribution in [2.45, 2.75) is 41.3 Å². The number of allylic oxidation sites excluding steroid dienone is 2. The summed E-state index contributed by atoms with van der Waals surface area (Å²) < 4.78 is 1.22. The van der Waals surface area contributed by atoms with E-state index in [-0.39, 0.29) is 10.2 Å². The van der Waals surface area contributed by atoms with Crippen LogP contribution >= 0.6 is 70.6 Å². The molecule has 0 aromatic carbocycles. The first kappa shape index (κ1) is 23.7. The van der Waals surface area contributed by atoms with Gasteiger partial charge in [-0.2, -0.15) is 0 Å². The topological polar surface area (TPSA) is 34.1 Å². The van der Waals surface area contributed by atoms with Crippen molar-refractivity contribution in [2.75, 3.05) is 11.5 Å². The Balaban J connectivity index is 1.54. The normalized spacial score (nSPS) is 21.6. The predicted molar refractivity (Wildman–Crippen MR) is 133 cm³/mol. The van der Waals surface area contributed by atoms with E-state index in [1.807, 2.05) is 47.0 Å². The summed E-state index contributed by atoms with van der Waals surface area (Å²) >= 11 is 10.6. The minimum atomic E-state index is 0.0693. The van der Waals surface area contributed by atoms with E-state index >= 15 is 0 Å². The molecule has 2 nitrogen and oxygen atoms in total. The van der Waals surface area contributed by atoms with Gasteiger partial charge in [0.15, 0.2) is 0 Å². The standard InChI is InChI=1S/C19H24O2S6/c1-3-16(20)22-9-5-7-14-12-24-18(26-14)11-19-25-13-15(27-19)8-6-10-23-17(21)4-2/h3-4,12-13,18-19H,1-2,5-11H2. The molecule has 0 aliphatic carbocycles. The summed E-state index contributed by atoms with van der Waals surface area (Å²) in [6.45, 7) is 6.99. The molecule has 0 spiro atoms. The molecule has 2 unspecified atom stereocenters. The van der Waals surface area contributed by atoms with Gasteiger partial charge >= 0.3 is 0 Å². The highest BCUT2D eigenvalue weighted by molar-refractivity contribution is 8.24. The van der Waals surface area contributed by atoms with Crippen LogP contribution in [-0.2, 0) is 9.59 Å². The molecule has 0 saturated heterocycles. The van der Waals surface area contributed by atoms with Crippen molar-refractivity contribution in [1.82, 2.24) is 0 Å². The van der Waals surface area contributed by atoms with Gasteiger partial charge in [-0.1, -0.05) is 36.7 Å². The van der Waals surface area contributed by atoms with Gasteiger partial charge in [0.2, 0.25) is 10.2 Å². The van der Waals surface area contributed by atoms with Gasteiger partial charge in [0.05, 0.1) is 9.16 Å². The van der Waals surface area contributed by atoms with Crippen molar-refractivity contribution in [2.24, 2.45) is 0 Å². The fraction of sp³-hybridized carbons (Fsp3) is 0.474. The Morgan fingerprint density at radius 3 is 1.74 bits per heavy atom. The first-order chi connectivity index (χ1) is 13.1. The average Bonchev–Trinajstić information content (AvgIpc) is 3.31. The van der Waals surface area contributed by atoms with Gasteiger partial charge in [-0.3, -0.25) is 9.59 Å². The van der Waals surface area contributed by atoms with Crippen LogP contribution < -0.4 is 0 Å². The van der Waals surface area contributed by atoms with Crippen LogP contribution in [0.2, 0.25) is 0 Å². The van der Waals surface area contributed by atoms with Gasteiger partial charge in [0.25, 0.3) is 0 Å². The Bertz CT molecular complexity index is 561. The highest BCUT2D eigenvalue weighted by Gasteiger charge is 2.26. The number of hydrogen-bond donors (Lipinski definition) is 0. The van der Waals surface area contributed by atoms with Crippen molar-refractivity contribution < 1.29 is 9.59 Å². The molecule has 0 bridgehead atoms. The Hall–Kier alpha value is 0.400. The van der Waals surface area contributed by atoms with E-state index in [2.05, 4.69) is 24.0 Å². The molecular formula is C19H24O2S6. The summed E-state index contributed by atoms with van der Waals surface area (Å²) in [7, 11) is 0. The fourth-order valence-electron chi connectivity index (χ4n) is 2.31. The molecule has 0 amide bonds. The summed E-state index contributed by atoms with van der Waals surface area (Å²) in [6.07, 6.45) is 8.20. The minimum Gasteiger partial charge on any atom is -0.282 e. The van der Waals surface area contributed by atoms with E-state index in [4.69, 9.17) is 0 Å². The largest absolute Gasteiger partial charge is 0.282 e. The molecule has 0 fully saturated rings. The smallest absolute Gasteiger partial charge is 0.211 e. The quantitative estimate of drug-likeness (QED) is 0.217. The maximum Gasteiger partial charge on any atom is 0.211 e. The Labute approximate surface area is 188 Å². The van der Waals surface area contributed by atoms with Crippen molar-refractivity contribution in [3.63, 3.8) is 0 Å². The molecule has 2 aliphatic heterocycles. The van der Waals surface area contributed by atoms with E-state index in [0.717, 1.165) is 37.2 Å². The first-order valence-electron chi connectivity index (χ1n) is 8.71. The van der Waals surface area contributed by atoms with Gasteiger partial charge in [-0.15, -0.1) is 47.0 Å². The molecule has 0 N–H and O–H groups in total. The molecule has 0 aromatic rings. The van der Waals surface area contributed by atoms with E-state index in [0.29, 0.717) is 9.16 Å². The van der Waals surface area contributed by atoms with E-state index in [1.165, 1.54) is 51.9 Å². The maximum absolute atomic E-state index is 11.2.